The topological polar surface area (TPSA) is 133 Å². The van der Waals surface area contributed by atoms with Crippen LogP contribution in [0.4, 0.5) is 0 Å². The molecule has 0 rings (SSSR count). The second-order valence-electron chi connectivity index (χ2n) is 12.9. The molecule has 0 saturated heterocycles. The van der Waals surface area contributed by atoms with E-state index in [9.17, 15) is 29.4 Å². The Morgan fingerprint density at radius 3 is 0.787 bits per heavy atom. The van der Waals surface area contributed by atoms with Crippen molar-refractivity contribution in [1.29, 1.82) is 0 Å². The van der Waals surface area contributed by atoms with Gasteiger partial charge in [0.1, 0.15) is 12.2 Å². The third-order valence-electron chi connectivity index (χ3n) is 8.25. The third kappa shape index (κ3) is 40.7. The fraction of sp³-hybridized carbons (Fsp3) is 0.895. The molecule has 9 heteroatoms. The van der Waals surface area contributed by atoms with Crippen LogP contribution in [0.1, 0.15) is 207 Å². The summed E-state index contributed by atoms with van der Waals surface area (Å²) in [7, 11) is 0. The summed E-state index contributed by atoms with van der Waals surface area (Å²) < 4.78 is 9.44. The van der Waals surface area contributed by atoms with Crippen molar-refractivity contribution in [3.63, 3.8) is 0 Å². The quantitative estimate of drug-likeness (QED) is 0.0398. The number of aliphatic carboxylic acids is 2. The fourth-order valence-corrected chi connectivity index (χ4v) is 5.18. The molecule has 47 heavy (non-hydrogen) atoms. The Labute approximate surface area is 304 Å². The molecule has 0 aliphatic heterocycles. The number of carbonyl (C=O) groups is 4. The summed E-state index contributed by atoms with van der Waals surface area (Å²) in [5, 5.41) is 20.9. The second kappa shape index (κ2) is 39.1. The Morgan fingerprint density at radius 2 is 0.596 bits per heavy atom. The molecule has 0 amide bonds. The van der Waals surface area contributed by atoms with Gasteiger partial charge in [-0.3, -0.25) is 9.59 Å². The summed E-state index contributed by atoms with van der Waals surface area (Å²) in [6, 6.07) is 0. The van der Waals surface area contributed by atoms with Crippen LogP contribution in [0.25, 0.3) is 0 Å². The molecule has 0 radical (unpaired) electrons. The molecule has 8 nitrogen and oxygen atoms in total. The number of carboxylic acid groups (broad SMARTS) is 2. The van der Waals surface area contributed by atoms with Gasteiger partial charge >= 0.3 is 35.0 Å². The minimum absolute atomic E-state index is 0. The number of rotatable bonds is 32. The van der Waals surface area contributed by atoms with E-state index in [4.69, 9.17) is 9.47 Å². The fourth-order valence-electron chi connectivity index (χ4n) is 5.18. The van der Waals surface area contributed by atoms with Crippen molar-refractivity contribution in [3.05, 3.63) is 0 Å². The molecule has 0 aromatic rings. The van der Waals surface area contributed by atoms with E-state index in [1.165, 1.54) is 142 Å². The van der Waals surface area contributed by atoms with Crippen LogP contribution in [-0.4, -0.2) is 59.1 Å². The van der Waals surface area contributed by atoms with Gasteiger partial charge in [0.2, 0.25) is 0 Å². The predicted molar refractivity (Wildman–Crippen MR) is 187 cm³/mol. The average molecular weight is 679 g/mol. The van der Waals surface area contributed by atoms with E-state index < -0.39 is 36.1 Å². The van der Waals surface area contributed by atoms with Crippen LogP contribution in [0, 0.1) is 0 Å². The zero-order chi connectivity index (χ0) is 34.7. The van der Waals surface area contributed by atoms with E-state index in [0.717, 1.165) is 38.5 Å². The Kier molecular flexibility index (Phi) is 41.6. The Morgan fingerprint density at radius 1 is 0.404 bits per heavy atom. The first-order chi connectivity index (χ1) is 22.1. The molecule has 0 N–H and O–H groups in total. The standard InChI is InChI=1S/2C19H36O4.Mg/c2*1-3-4-5-6-7-8-9-10-11-12-13-14-15-16-18(20)23-17(2)19(21)22;/h2*17H,3-16H2,1-2H3,(H,21,22);/q;;+2/p-2. The Hall–Kier alpha value is -1.35. The van der Waals surface area contributed by atoms with Gasteiger partial charge in [0.05, 0.1) is 11.9 Å². The number of ether oxygens (including phenoxy) is 2. The number of hydrogen-bond acceptors (Lipinski definition) is 8. The first-order valence-corrected chi connectivity index (χ1v) is 19.0. The molecular formula is C38H70MgO8. The van der Waals surface area contributed by atoms with Gasteiger partial charge in [-0.05, 0) is 26.7 Å². The van der Waals surface area contributed by atoms with Gasteiger partial charge in [-0.25, -0.2) is 0 Å². The van der Waals surface area contributed by atoms with E-state index >= 15 is 0 Å². The van der Waals surface area contributed by atoms with Gasteiger partial charge in [0, 0.05) is 12.8 Å². The Bertz CT molecular complexity index is 670. The summed E-state index contributed by atoms with van der Waals surface area (Å²) in [5.41, 5.74) is 0. The zero-order valence-electron chi connectivity index (χ0n) is 30.9. The summed E-state index contributed by atoms with van der Waals surface area (Å²) in [6.45, 7) is 7.13. The maximum absolute atomic E-state index is 11.3. The number of hydrogen-bond donors (Lipinski definition) is 0. The zero-order valence-corrected chi connectivity index (χ0v) is 32.3. The van der Waals surface area contributed by atoms with Gasteiger partial charge in [-0.2, -0.15) is 0 Å². The number of unbranched alkanes of at least 4 members (excludes halogenated alkanes) is 24. The third-order valence-corrected chi connectivity index (χ3v) is 8.25. The first-order valence-electron chi connectivity index (χ1n) is 19.0. The van der Waals surface area contributed by atoms with Crippen LogP contribution >= 0.6 is 0 Å². The normalized spacial score (nSPS) is 11.8. The molecule has 0 aliphatic carbocycles. The van der Waals surface area contributed by atoms with Crippen molar-refractivity contribution in [3.8, 4) is 0 Å². The van der Waals surface area contributed by atoms with Crippen LogP contribution in [0.15, 0.2) is 0 Å². The molecule has 0 aliphatic rings. The van der Waals surface area contributed by atoms with Crippen molar-refractivity contribution >= 4 is 46.9 Å². The van der Waals surface area contributed by atoms with Crippen molar-refractivity contribution in [2.24, 2.45) is 0 Å². The van der Waals surface area contributed by atoms with E-state index in [2.05, 4.69) is 13.8 Å². The van der Waals surface area contributed by atoms with Crippen LogP contribution in [0.3, 0.4) is 0 Å². The van der Waals surface area contributed by atoms with Crippen molar-refractivity contribution < 1.29 is 38.9 Å². The summed E-state index contributed by atoms with van der Waals surface area (Å²) >= 11 is 0. The van der Waals surface area contributed by atoms with Gasteiger partial charge in [-0.1, -0.05) is 168 Å². The van der Waals surface area contributed by atoms with Gasteiger partial charge in [0.25, 0.3) is 0 Å². The molecule has 0 saturated carbocycles. The van der Waals surface area contributed by atoms with E-state index in [0.29, 0.717) is 12.8 Å². The minimum atomic E-state index is -1.34. The van der Waals surface area contributed by atoms with Crippen molar-refractivity contribution in [2.75, 3.05) is 0 Å². The van der Waals surface area contributed by atoms with E-state index in [1.54, 1.807) is 0 Å². The van der Waals surface area contributed by atoms with Crippen molar-refractivity contribution in [2.45, 2.75) is 220 Å². The smallest absolute Gasteiger partial charge is 0.546 e. The molecule has 0 aromatic carbocycles. The SMILES string of the molecule is CCCCCCCCCCCCCCCC(=O)OC(C)C(=O)[O-].CCCCCCCCCCCCCCCC(=O)OC(C)C(=O)[O-].[Mg+2]. The van der Waals surface area contributed by atoms with Crippen LogP contribution in [0.5, 0.6) is 0 Å². The van der Waals surface area contributed by atoms with Crippen LogP contribution < -0.4 is 10.2 Å². The number of esters is 2. The maximum Gasteiger partial charge on any atom is 2.00 e. The van der Waals surface area contributed by atoms with Crippen molar-refractivity contribution in [1.82, 2.24) is 0 Å². The minimum Gasteiger partial charge on any atom is -0.546 e. The summed E-state index contributed by atoms with van der Waals surface area (Å²) in [5.74, 6) is -3.57. The van der Waals surface area contributed by atoms with Crippen LogP contribution in [-0.2, 0) is 28.7 Å². The van der Waals surface area contributed by atoms with Gasteiger partial charge < -0.3 is 29.3 Å². The average Bonchev–Trinajstić information content (AvgIpc) is 3.01. The molecule has 2 unspecified atom stereocenters. The second-order valence-corrected chi connectivity index (χ2v) is 12.9. The molecular weight excluding hydrogens is 609 g/mol. The summed E-state index contributed by atoms with van der Waals surface area (Å²) in [4.78, 5) is 43.6. The number of carboxylic acids is 2. The molecule has 0 spiro atoms. The van der Waals surface area contributed by atoms with Crippen LogP contribution in [0.2, 0.25) is 0 Å². The molecule has 272 valence electrons. The first kappa shape index (κ1) is 50.0. The van der Waals surface area contributed by atoms with Gasteiger partial charge in [-0.15, -0.1) is 0 Å². The number of carbonyl (C=O) groups excluding carboxylic acids is 4. The largest absolute Gasteiger partial charge is 2.00 e. The molecule has 0 heterocycles. The Balaban J connectivity index is -0.000000807. The summed E-state index contributed by atoms with van der Waals surface area (Å²) in [6.07, 6.45) is 30.9. The molecule has 0 fully saturated rings. The monoisotopic (exact) mass is 678 g/mol. The molecule has 0 bridgehead atoms. The van der Waals surface area contributed by atoms with Gasteiger partial charge in [0.15, 0.2) is 0 Å². The predicted octanol–water partition coefficient (Wildman–Crippen LogP) is 7.92. The van der Waals surface area contributed by atoms with E-state index in [-0.39, 0.29) is 23.1 Å². The molecule has 0 aromatic heterocycles. The molecule has 2 atom stereocenters. The van der Waals surface area contributed by atoms with E-state index in [1.807, 2.05) is 0 Å². The maximum atomic E-state index is 11.3.